The standard InChI is InChI=1S/C22H29N3O4/c1-6-12-25(24(2)3)22(27)18-9-7-8-16(13-18)15-23-21(26)17-10-11-19(28-4)20(14-17)29-5/h7-11,13-14H,6,12,15H2,1-5H3,(H,23,26). The van der Waals surface area contributed by atoms with Crippen LogP contribution in [0, 0.1) is 0 Å². The van der Waals surface area contributed by atoms with Gasteiger partial charge in [-0.2, -0.15) is 0 Å². The van der Waals surface area contributed by atoms with E-state index < -0.39 is 0 Å². The van der Waals surface area contributed by atoms with E-state index in [9.17, 15) is 9.59 Å². The van der Waals surface area contributed by atoms with Gasteiger partial charge in [-0.15, -0.1) is 0 Å². The SMILES string of the molecule is CCCN(C(=O)c1cccc(CNC(=O)c2ccc(OC)c(OC)c2)c1)N(C)C. The van der Waals surface area contributed by atoms with Crippen molar-refractivity contribution < 1.29 is 19.1 Å². The maximum Gasteiger partial charge on any atom is 0.268 e. The van der Waals surface area contributed by atoms with Crippen molar-refractivity contribution in [2.45, 2.75) is 19.9 Å². The molecule has 0 atom stereocenters. The number of carbonyl (C=O) groups is 2. The third kappa shape index (κ3) is 5.71. The zero-order valence-electron chi connectivity index (χ0n) is 17.7. The molecule has 0 radical (unpaired) electrons. The predicted octanol–water partition coefficient (Wildman–Crippen LogP) is 2.96. The number of hydrogen-bond acceptors (Lipinski definition) is 5. The Morgan fingerprint density at radius 3 is 2.31 bits per heavy atom. The Bertz CT molecular complexity index is 852. The number of nitrogens with one attached hydrogen (secondary N) is 1. The number of carbonyl (C=O) groups excluding carboxylic acids is 2. The van der Waals surface area contributed by atoms with E-state index in [1.165, 1.54) is 7.11 Å². The van der Waals surface area contributed by atoms with Gasteiger partial charge >= 0.3 is 0 Å². The molecule has 2 amide bonds. The molecule has 0 aliphatic heterocycles. The molecule has 2 aromatic rings. The Morgan fingerprint density at radius 2 is 1.69 bits per heavy atom. The summed E-state index contributed by atoms with van der Waals surface area (Å²) in [5.74, 6) is 0.758. The van der Waals surface area contributed by atoms with Crippen LogP contribution < -0.4 is 14.8 Å². The van der Waals surface area contributed by atoms with Crippen LogP contribution in [0.15, 0.2) is 42.5 Å². The van der Waals surface area contributed by atoms with E-state index in [1.807, 2.05) is 39.2 Å². The van der Waals surface area contributed by atoms with E-state index in [0.29, 0.717) is 35.7 Å². The highest BCUT2D eigenvalue weighted by atomic mass is 16.5. The van der Waals surface area contributed by atoms with Crippen molar-refractivity contribution in [3.63, 3.8) is 0 Å². The molecule has 0 bridgehead atoms. The molecular formula is C22H29N3O4. The van der Waals surface area contributed by atoms with Crippen LogP contribution in [-0.2, 0) is 6.54 Å². The fraction of sp³-hybridized carbons (Fsp3) is 0.364. The third-order valence-electron chi connectivity index (χ3n) is 4.43. The quantitative estimate of drug-likeness (QED) is 0.657. The first-order chi connectivity index (χ1) is 13.9. The fourth-order valence-electron chi connectivity index (χ4n) is 2.92. The molecule has 0 aliphatic rings. The summed E-state index contributed by atoms with van der Waals surface area (Å²) in [4.78, 5) is 25.3. The number of methoxy groups -OCH3 is 2. The summed E-state index contributed by atoms with van der Waals surface area (Å²) in [6, 6.07) is 12.3. The second-order valence-electron chi connectivity index (χ2n) is 6.73. The third-order valence-corrected chi connectivity index (χ3v) is 4.43. The molecule has 0 aliphatic carbocycles. The Labute approximate surface area is 172 Å². The smallest absolute Gasteiger partial charge is 0.268 e. The number of nitrogens with zero attached hydrogens (tertiary/aromatic N) is 2. The molecule has 0 heterocycles. The summed E-state index contributed by atoms with van der Waals surface area (Å²) in [5.41, 5.74) is 1.90. The maximum absolute atomic E-state index is 12.8. The van der Waals surface area contributed by atoms with Gasteiger partial charge in [0, 0.05) is 38.3 Å². The topological polar surface area (TPSA) is 71.1 Å². The Hall–Kier alpha value is -3.06. The molecule has 0 saturated heterocycles. The predicted molar refractivity (Wildman–Crippen MR) is 112 cm³/mol. The van der Waals surface area contributed by atoms with Crippen LogP contribution in [-0.4, -0.2) is 56.7 Å². The maximum atomic E-state index is 12.8. The minimum atomic E-state index is -0.233. The van der Waals surface area contributed by atoms with Crippen LogP contribution in [0.5, 0.6) is 11.5 Å². The first-order valence-electron chi connectivity index (χ1n) is 9.49. The van der Waals surface area contributed by atoms with Gasteiger partial charge in [-0.3, -0.25) is 14.6 Å². The zero-order valence-corrected chi connectivity index (χ0v) is 17.7. The fourth-order valence-corrected chi connectivity index (χ4v) is 2.92. The zero-order chi connectivity index (χ0) is 21.4. The molecule has 2 rings (SSSR count). The van der Waals surface area contributed by atoms with Crippen LogP contribution in [0.2, 0.25) is 0 Å². The van der Waals surface area contributed by atoms with Gasteiger partial charge in [0.2, 0.25) is 0 Å². The normalized spacial score (nSPS) is 10.6. The average Bonchev–Trinajstić information content (AvgIpc) is 2.74. The van der Waals surface area contributed by atoms with E-state index in [1.54, 1.807) is 41.4 Å². The second-order valence-corrected chi connectivity index (χ2v) is 6.73. The van der Waals surface area contributed by atoms with Gasteiger partial charge in [0.25, 0.3) is 11.8 Å². The first-order valence-corrected chi connectivity index (χ1v) is 9.49. The first kappa shape index (κ1) is 22.2. The Kier molecular flexibility index (Phi) is 8.03. The van der Waals surface area contributed by atoms with Crippen molar-refractivity contribution in [3.8, 4) is 11.5 Å². The molecule has 7 nitrogen and oxygen atoms in total. The number of amides is 2. The molecule has 0 fully saturated rings. The van der Waals surface area contributed by atoms with Crippen molar-refractivity contribution in [1.82, 2.24) is 15.3 Å². The largest absolute Gasteiger partial charge is 0.493 e. The van der Waals surface area contributed by atoms with Crippen LogP contribution in [0.4, 0.5) is 0 Å². The number of ether oxygens (including phenoxy) is 2. The van der Waals surface area contributed by atoms with Crippen LogP contribution in [0.1, 0.15) is 39.6 Å². The highest BCUT2D eigenvalue weighted by Gasteiger charge is 2.17. The molecule has 29 heavy (non-hydrogen) atoms. The molecule has 0 spiro atoms. The molecule has 0 saturated carbocycles. The van der Waals surface area contributed by atoms with Crippen LogP contribution in [0.3, 0.4) is 0 Å². The molecular weight excluding hydrogens is 370 g/mol. The van der Waals surface area contributed by atoms with Crippen molar-refractivity contribution in [2.75, 3.05) is 34.9 Å². The highest BCUT2D eigenvalue weighted by molar-refractivity contribution is 5.95. The number of hydrazine groups is 1. The lowest BCUT2D eigenvalue weighted by molar-refractivity contribution is 0.0201. The summed E-state index contributed by atoms with van der Waals surface area (Å²) >= 11 is 0. The Balaban J connectivity index is 2.09. The van der Waals surface area contributed by atoms with Crippen molar-refractivity contribution in [3.05, 3.63) is 59.2 Å². The number of rotatable bonds is 9. The van der Waals surface area contributed by atoms with Gasteiger partial charge in [0.15, 0.2) is 11.5 Å². The summed E-state index contributed by atoms with van der Waals surface area (Å²) < 4.78 is 10.4. The summed E-state index contributed by atoms with van der Waals surface area (Å²) in [6.07, 6.45) is 0.866. The van der Waals surface area contributed by atoms with Crippen molar-refractivity contribution in [2.24, 2.45) is 0 Å². The summed E-state index contributed by atoms with van der Waals surface area (Å²) in [6.45, 7) is 2.99. The number of hydrogen-bond donors (Lipinski definition) is 1. The van der Waals surface area contributed by atoms with E-state index in [-0.39, 0.29) is 11.8 Å². The second kappa shape index (κ2) is 10.5. The van der Waals surface area contributed by atoms with Gasteiger partial charge in [-0.1, -0.05) is 19.1 Å². The van der Waals surface area contributed by atoms with E-state index in [2.05, 4.69) is 5.32 Å². The van der Waals surface area contributed by atoms with Crippen molar-refractivity contribution in [1.29, 1.82) is 0 Å². The van der Waals surface area contributed by atoms with Gasteiger partial charge < -0.3 is 14.8 Å². The average molecular weight is 399 g/mol. The molecule has 1 N–H and O–H groups in total. The summed E-state index contributed by atoms with van der Waals surface area (Å²) in [7, 11) is 6.77. The van der Waals surface area contributed by atoms with E-state index >= 15 is 0 Å². The minimum Gasteiger partial charge on any atom is -0.493 e. The summed E-state index contributed by atoms with van der Waals surface area (Å²) in [5, 5.41) is 6.36. The van der Waals surface area contributed by atoms with Gasteiger partial charge in [-0.05, 0) is 42.3 Å². The highest BCUT2D eigenvalue weighted by Crippen LogP contribution is 2.27. The lowest BCUT2D eigenvalue weighted by Gasteiger charge is -2.28. The molecule has 0 unspecified atom stereocenters. The van der Waals surface area contributed by atoms with Crippen molar-refractivity contribution >= 4 is 11.8 Å². The van der Waals surface area contributed by atoms with E-state index in [0.717, 1.165) is 12.0 Å². The monoisotopic (exact) mass is 399 g/mol. The minimum absolute atomic E-state index is 0.0649. The van der Waals surface area contributed by atoms with Gasteiger partial charge in [0.1, 0.15) is 0 Å². The van der Waals surface area contributed by atoms with E-state index in [4.69, 9.17) is 9.47 Å². The molecule has 2 aromatic carbocycles. The van der Waals surface area contributed by atoms with Gasteiger partial charge in [0.05, 0.1) is 14.2 Å². The lowest BCUT2D eigenvalue weighted by atomic mass is 10.1. The lowest BCUT2D eigenvalue weighted by Crippen LogP contribution is -2.42. The van der Waals surface area contributed by atoms with Crippen LogP contribution >= 0.6 is 0 Å². The molecule has 0 aromatic heterocycles. The van der Waals surface area contributed by atoms with Gasteiger partial charge in [-0.25, -0.2) is 5.01 Å². The molecule has 156 valence electrons. The Morgan fingerprint density at radius 1 is 0.966 bits per heavy atom. The number of benzene rings is 2. The van der Waals surface area contributed by atoms with Crippen LogP contribution in [0.25, 0.3) is 0 Å². The molecule has 7 heteroatoms.